The van der Waals surface area contributed by atoms with E-state index in [1.165, 1.54) is 6.92 Å². The van der Waals surface area contributed by atoms with Gasteiger partial charge >= 0.3 is 5.97 Å². The van der Waals surface area contributed by atoms with Crippen LogP contribution in [0.1, 0.15) is 12.5 Å². The van der Waals surface area contributed by atoms with E-state index in [4.69, 9.17) is 9.47 Å². The summed E-state index contributed by atoms with van der Waals surface area (Å²) in [6.45, 7) is 2.19. The van der Waals surface area contributed by atoms with Gasteiger partial charge in [0, 0.05) is 6.92 Å². The zero-order valence-electron chi connectivity index (χ0n) is 10.9. The Bertz CT molecular complexity index is 441. The first-order valence-electron chi connectivity index (χ1n) is 6.32. The SMILES string of the molecule is CC(=O)OC1C=CC(O)C1COCc1ccccc1. The monoisotopic (exact) mass is 262 g/mol. The average molecular weight is 262 g/mol. The number of carbonyl (C=O) groups is 1. The summed E-state index contributed by atoms with van der Waals surface area (Å²) >= 11 is 0. The second-order valence-corrected chi connectivity index (χ2v) is 4.61. The lowest BCUT2D eigenvalue weighted by molar-refractivity contribution is -0.148. The van der Waals surface area contributed by atoms with Crippen molar-refractivity contribution in [1.29, 1.82) is 0 Å². The molecule has 0 bridgehead atoms. The summed E-state index contributed by atoms with van der Waals surface area (Å²) < 4.78 is 10.7. The van der Waals surface area contributed by atoms with Crippen molar-refractivity contribution in [3.8, 4) is 0 Å². The van der Waals surface area contributed by atoms with Crippen LogP contribution in [-0.2, 0) is 20.9 Å². The minimum Gasteiger partial charge on any atom is -0.458 e. The van der Waals surface area contributed by atoms with Crippen LogP contribution in [0, 0.1) is 5.92 Å². The molecular weight excluding hydrogens is 244 g/mol. The number of hydrogen-bond acceptors (Lipinski definition) is 4. The van der Waals surface area contributed by atoms with Crippen LogP contribution < -0.4 is 0 Å². The molecule has 4 heteroatoms. The summed E-state index contributed by atoms with van der Waals surface area (Å²) in [6.07, 6.45) is 2.33. The summed E-state index contributed by atoms with van der Waals surface area (Å²) in [6, 6.07) is 9.81. The Morgan fingerprint density at radius 1 is 1.26 bits per heavy atom. The number of rotatable bonds is 5. The van der Waals surface area contributed by atoms with Crippen molar-refractivity contribution in [2.75, 3.05) is 6.61 Å². The summed E-state index contributed by atoms with van der Waals surface area (Å²) in [7, 11) is 0. The predicted molar refractivity (Wildman–Crippen MR) is 70.3 cm³/mol. The topological polar surface area (TPSA) is 55.8 Å². The van der Waals surface area contributed by atoms with Gasteiger partial charge in [-0.15, -0.1) is 0 Å². The highest BCUT2D eigenvalue weighted by molar-refractivity contribution is 5.66. The van der Waals surface area contributed by atoms with Gasteiger partial charge in [0.1, 0.15) is 6.10 Å². The molecule has 3 unspecified atom stereocenters. The zero-order valence-corrected chi connectivity index (χ0v) is 10.9. The third-order valence-corrected chi connectivity index (χ3v) is 3.08. The number of carbonyl (C=O) groups excluding carboxylic acids is 1. The van der Waals surface area contributed by atoms with Gasteiger partial charge in [-0.05, 0) is 11.6 Å². The molecule has 1 aromatic rings. The van der Waals surface area contributed by atoms with Crippen molar-refractivity contribution >= 4 is 5.97 Å². The molecule has 3 atom stereocenters. The molecule has 0 spiro atoms. The summed E-state index contributed by atoms with van der Waals surface area (Å²) in [5, 5.41) is 9.81. The molecule has 1 aliphatic carbocycles. The van der Waals surface area contributed by atoms with Gasteiger partial charge in [-0.2, -0.15) is 0 Å². The normalized spacial score (nSPS) is 25.5. The Morgan fingerprint density at radius 3 is 2.68 bits per heavy atom. The van der Waals surface area contributed by atoms with E-state index in [0.29, 0.717) is 13.2 Å². The Balaban J connectivity index is 1.82. The highest BCUT2D eigenvalue weighted by atomic mass is 16.5. The van der Waals surface area contributed by atoms with Gasteiger partial charge in [0.15, 0.2) is 0 Å². The molecule has 2 rings (SSSR count). The molecule has 0 fully saturated rings. The fourth-order valence-corrected chi connectivity index (χ4v) is 2.10. The van der Waals surface area contributed by atoms with Crippen molar-refractivity contribution in [2.45, 2.75) is 25.7 Å². The van der Waals surface area contributed by atoms with Crippen LogP contribution in [0.2, 0.25) is 0 Å². The Hall–Kier alpha value is -1.65. The maximum absolute atomic E-state index is 11.0. The zero-order chi connectivity index (χ0) is 13.7. The number of aliphatic hydroxyl groups is 1. The lowest BCUT2D eigenvalue weighted by Crippen LogP contribution is -2.31. The van der Waals surface area contributed by atoms with E-state index in [0.717, 1.165) is 5.56 Å². The Kier molecular flexibility index (Phi) is 4.71. The van der Waals surface area contributed by atoms with Crippen LogP contribution in [0.15, 0.2) is 42.5 Å². The van der Waals surface area contributed by atoms with Gasteiger partial charge in [-0.25, -0.2) is 0 Å². The molecule has 1 aromatic carbocycles. The fourth-order valence-electron chi connectivity index (χ4n) is 2.10. The van der Waals surface area contributed by atoms with Crippen molar-refractivity contribution in [2.24, 2.45) is 5.92 Å². The Morgan fingerprint density at radius 2 is 2.00 bits per heavy atom. The van der Waals surface area contributed by atoms with Crippen molar-refractivity contribution < 1.29 is 19.4 Å². The number of benzene rings is 1. The maximum Gasteiger partial charge on any atom is 0.303 e. The van der Waals surface area contributed by atoms with Crippen molar-refractivity contribution in [3.05, 3.63) is 48.0 Å². The van der Waals surface area contributed by atoms with Gasteiger partial charge in [0.25, 0.3) is 0 Å². The third kappa shape index (κ3) is 3.91. The van der Waals surface area contributed by atoms with E-state index in [-0.39, 0.29) is 11.9 Å². The molecule has 0 aliphatic heterocycles. The quantitative estimate of drug-likeness (QED) is 0.648. The first-order chi connectivity index (χ1) is 9.16. The largest absolute Gasteiger partial charge is 0.458 e. The molecule has 1 aliphatic rings. The molecule has 0 aromatic heterocycles. The van der Waals surface area contributed by atoms with Crippen LogP contribution >= 0.6 is 0 Å². The number of hydrogen-bond donors (Lipinski definition) is 1. The molecule has 4 nitrogen and oxygen atoms in total. The van der Waals surface area contributed by atoms with Gasteiger partial charge in [0.2, 0.25) is 0 Å². The van der Waals surface area contributed by atoms with E-state index in [1.807, 2.05) is 30.3 Å². The molecule has 19 heavy (non-hydrogen) atoms. The van der Waals surface area contributed by atoms with E-state index in [9.17, 15) is 9.90 Å². The van der Waals surface area contributed by atoms with E-state index in [2.05, 4.69) is 0 Å². The fraction of sp³-hybridized carbons (Fsp3) is 0.400. The number of esters is 1. The van der Waals surface area contributed by atoms with Gasteiger partial charge in [-0.3, -0.25) is 4.79 Å². The van der Waals surface area contributed by atoms with E-state index >= 15 is 0 Å². The highest BCUT2D eigenvalue weighted by Gasteiger charge is 2.32. The van der Waals surface area contributed by atoms with Crippen molar-refractivity contribution in [1.82, 2.24) is 0 Å². The second-order valence-electron chi connectivity index (χ2n) is 4.61. The van der Waals surface area contributed by atoms with Crippen molar-refractivity contribution in [3.63, 3.8) is 0 Å². The molecular formula is C15H18O4. The number of aliphatic hydroxyl groups excluding tert-OH is 1. The van der Waals surface area contributed by atoms with Crippen LogP contribution in [0.3, 0.4) is 0 Å². The van der Waals surface area contributed by atoms with E-state index in [1.54, 1.807) is 12.2 Å². The second kappa shape index (κ2) is 6.50. The minimum absolute atomic E-state index is 0.229. The standard InChI is InChI=1S/C15H18O4/c1-11(16)19-15-8-7-14(17)13(15)10-18-9-12-5-3-2-4-6-12/h2-8,13-15,17H,9-10H2,1H3. The molecule has 0 amide bonds. The molecule has 0 saturated heterocycles. The summed E-state index contributed by atoms with van der Waals surface area (Å²) in [5.74, 6) is -0.579. The van der Waals surface area contributed by atoms with Crippen LogP contribution in [0.25, 0.3) is 0 Å². The highest BCUT2D eigenvalue weighted by Crippen LogP contribution is 2.23. The minimum atomic E-state index is -0.625. The molecule has 0 radical (unpaired) electrons. The number of ether oxygens (including phenoxy) is 2. The van der Waals surface area contributed by atoms with Gasteiger partial charge < -0.3 is 14.6 Å². The van der Waals surface area contributed by atoms with E-state index < -0.39 is 12.2 Å². The van der Waals surface area contributed by atoms with Crippen LogP contribution in [0.5, 0.6) is 0 Å². The Labute approximate surface area is 112 Å². The summed E-state index contributed by atoms with van der Waals surface area (Å²) in [5.41, 5.74) is 1.08. The summed E-state index contributed by atoms with van der Waals surface area (Å²) in [4.78, 5) is 11.0. The van der Waals surface area contributed by atoms with Gasteiger partial charge in [-0.1, -0.05) is 36.4 Å². The lowest BCUT2D eigenvalue weighted by Gasteiger charge is -2.21. The first kappa shape index (κ1) is 13.8. The lowest BCUT2D eigenvalue weighted by atomic mass is 10.0. The average Bonchev–Trinajstić information content (AvgIpc) is 2.72. The van der Waals surface area contributed by atoms with Gasteiger partial charge in [0.05, 0.1) is 25.2 Å². The van der Waals surface area contributed by atoms with Crippen LogP contribution in [0.4, 0.5) is 0 Å². The molecule has 102 valence electrons. The molecule has 1 N–H and O–H groups in total. The predicted octanol–water partition coefficient (Wildman–Crippen LogP) is 1.68. The maximum atomic E-state index is 11.0. The molecule has 0 heterocycles. The third-order valence-electron chi connectivity index (χ3n) is 3.08. The molecule has 0 saturated carbocycles. The smallest absolute Gasteiger partial charge is 0.303 e. The first-order valence-corrected chi connectivity index (χ1v) is 6.32. The van der Waals surface area contributed by atoms with Crippen LogP contribution in [-0.4, -0.2) is 29.9 Å².